The van der Waals surface area contributed by atoms with E-state index in [1.165, 1.54) is 7.11 Å². The third kappa shape index (κ3) is 13.2. The molecule has 4 unspecified atom stereocenters. The Kier molecular flexibility index (Phi) is 15.4. The van der Waals surface area contributed by atoms with Gasteiger partial charge in [-0.15, -0.1) is 0 Å². The molecule has 0 saturated heterocycles. The average molecular weight is 727 g/mol. The lowest BCUT2D eigenvalue weighted by Crippen LogP contribution is -2.58. The fraction of sp³-hybridized carbons (Fsp3) is 0.649. The molecule has 0 heterocycles. The molecule has 0 radical (unpaired) electrons. The van der Waals surface area contributed by atoms with E-state index in [2.05, 4.69) is 32.1 Å². The van der Waals surface area contributed by atoms with Crippen LogP contribution in [0.25, 0.3) is 0 Å². The summed E-state index contributed by atoms with van der Waals surface area (Å²) in [5.74, 6) is -4.08. The minimum Gasteiger partial charge on any atom is -0.449 e. The van der Waals surface area contributed by atoms with Gasteiger partial charge in [0.05, 0.1) is 26.3 Å². The van der Waals surface area contributed by atoms with Gasteiger partial charge in [0.2, 0.25) is 23.5 Å². The van der Waals surface area contributed by atoms with Gasteiger partial charge in [-0.25, -0.2) is 10.3 Å². The van der Waals surface area contributed by atoms with Gasteiger partial charge in [-0.2, -0.15) is 0 Å². The lowest BCUT2D eigenvalue weighted by Gasteiger charge is -2.31. The fourth-order valence-electron chi connectivity index (χ4n) is 6.37. The monoisotopic (exact) mass is 726 g/mol. The SMILES string of the molecule is CONC(=O)C(NC(=O)CNC(=O)C(=O)C(CC1CC1)NC(=O)C(CC1CC1)NC(=O)C(NC(=O)OCC(C)C)C1CCCCC1)c1ccccc1. The van der Waals surface area contributed by atoms with Gasteiger partial charge in [0.15, 0.2) is 0 Å². The third-order valence-electron chi connectivity index (χ3n) is 9.56. The van der Waals surface area contributed by atoms with E-state index in [1.54, 1.807) is 30.3 Å². The first kappa shape index (κ1) is 40.2. The molecule has 6 amide bonds. The van der Waals surface area contributed by atoms with E-state index in [9.17, 15) is 33.6 Å². The Balaban J connectivity index is 1.39. The lowest BCUT2D eigenvalue weighted by molar-refractivity contribution is -0.141. The van der Waals surface area contributed by atoms with Crippen LogP contribution in [0.15, 0.2) is 30.3 Å². The van der Waals surface area contributed by atoms with Gasteiger partial charge in [-0.05, 0) is 54.9 Å². The highest BCUT2D eigenvalue weighted by Gasteiger charge is 2.39. The Bertz CT molecular complexity index is 1410. The fourth-order valence-corrected chi connectivity index (χ4v) is 6.37. The van der Waals surface area contributed by atoms with E-state index >= 15 is 0 Å². The zero-order valence-corrected chi connectivity index (χ0v) is 30.4. The molecular formula is C37H54N6O9. The molecule has 6 N–H and O–H groups in total. The normalized spacial score (nSPS) is 18.2. The number of alkyl carbamates (subject to hydrolysis) is 1. The Labute approximate surface area is 304 Å². The number of benzene rings is 1. The van der Waals surface area contributed by atoms with E-state index in [-0.39, 0.29) is 36.7 Å². The minimum absolute atomic E-state index is 0.117. The molecule has 15 heteroatoms. The predicted molar refractivity (Wildman–Crippen MR) is 189 cm³/mol. The van der Waals surface area contributed by atoms with Crippen LogP contribution in [0.3, 0.4) is 0 Å². The number of carbonyl (C=O) groups is 7. The van der Waals surface area contributed by atoms with Gasteiger partial charge < -0.3 is 31.3 Å². The average Bonchev–Trinajstić information content (AvgIpc) is 4.08. The van der Waals surface area contributed by atoms with Gasteiger partial charge in [-0.1, -0.05) is 89.1 Å². The first-order chi connectivity index (χ1) is 24.9. The molecule has 4 atom stereocenters. The first-order valence-corrected chi connectivity index (χ1v) is 18.5. The molecule has 0 bridgehead atoms. The predicted octanol–water partition coefficient (Wildman–Crippen LogP) is 2.11. The smallest absolute Gasteiger partial charge is 0.407 e. The molecule has 1 aromatic rings. The molecule has 0 aromatic heterocycles. The lowest BCUT2D eigenvalue weighted by atomic mass is 9.83. The van der Waals surface area contributed by atoms with Crippen molar-refractivity contribution in [3.8, 4) is 0 Å². The van der Waals surface area contributed by atoms with Gasteiger partial charge in [0, 0.05) is 0 Å². The molecule has 4 rings (SSSR count). The van der Waals surface area contributed by atoms with Crippen LogP contribution < -0.4 is 32.1 Å². The Hall–Kier alpha value is -4.53. The summed E-state index contributed by atoms with van der Waals surface area (Å²) < 4.78 is 5.31. The van der Waals surface area contributed by atoms with Crippen molar-refractivity contribution in [1.82, 2.24) is 32.1 Å². The number of hydroxylamine groups is 1. The number of amides is 6. The Morgan fingerprint density at radius 1 is 0.731 bits per heavy atom. The largest absolute Gasteiger partial charge is 0.449 e. The van der Waals surface area contributed by atoms with E-state index in [0.29, 0.717) is 12.0 Å². The number of hydrogen-bond donors (Lipinski definition) is 6. The second-order valence-electron chi connectivity index (χ2n) is 14.6. The Morgan fingerprint density at radius 2 is 1.35 bits per heavy atom. The summed E-state index contributed by atoms with van der Waals surface area (Å²) in [4.78, 5) is 96.8. The van der Waals surface area contributed by atoms with Crippen LogP contribution in [0.4, 0.5) is 4.79 Å². The summed E-state index contributed by atoms with van der Waals surface area (Å²) >= 11 is 0. The maximum absolute atomic E-state index is 13.8. The maximum Gasteiger partial charge on any atom is 0.407 e. The van der Waals surface area contributed by atoms with Crippen molar-refractivity contribution in [1.29, 1.82) is 0 Å². The molecule has 1 aromatic carbocycles. The van der Waals surface area contributed by atoms with Crippen molar-refractivity contribution in [3.05, 3.63) is 35.9 Å². The number of rotatable bonds is 20. The van der Waals surface area contributed by atoms with Crippen LogP contribution in [0.5, 0.6) is 0 Å². The molecule has 0 spiro atoms. The van der Waals surface area contributed by atoms with Gasteiger partial charge >= 0.3 is 6.09 Å². The zero-order chi connectivity index (χ0) is 37.6. The molecule has 52 heavy (non-hydrogen) atoms. The van der Waals surface area contributed by atoms with Crippen LogP contribution in [0.2, 0.25) is 0 Å². The second kappa shape index (κ2) is 19.9. The highest BCUT2D eigenvalue weighted by Crippen LogP contribution is 2.35. The topological polar surface area (TPSA) is 210 Å². The van der Waals surface area contributed by atoms with Gasteiger partial charge in [0.1, 0.15) is 18.1 Å². The molecule has 3 aliphatic rings. The number of Topliss-reactive ketones (excluding diaryl/α,β-unsaturated/α-hetero) is 1. The minimum atomic E-state index is -1.18. The standard InChI is InChI=1S/C37H54N6O9/c1-22(2)21-52-37(50)42-30(25-10-6-4-7-11-25)34(47)40-28(19-24-16-17-24)33(46)39-27(18-23-14-15-23)32(45)36(49)38-20-29(44)41-31(35(48)43-51-3)26-12-8-5-9-13-26/h5,8-9,12-13,22-25,27-28,30-31H,4,6-7,10-11,14-21H2,1-3H3,(H,38,49)(H,39,46)(H,40,47)(H,41,44)(H,42,50)(H,43,48). The number of carbonyl (C=O) groups excluding carboxylic acids is 7. The molecule has 3 fully saturated rings. The summed E-state index contributed by atoms with van der Waals surface area (Å²) in [6.07, 6.45) is 7.78. The molecule has 3 saturated carbocycles. The highest BCUT2D eigenvalue weighted by atomic mass is 16.6. The maximum atomic E-state index is 13.8. The van der Waals surface area contributed by atoms with Gasteiger partial charge in [0.25, 0.3) is 11.8 Å². The van der Waals surface area contributed by atoms with E-state index in [4.69, 9.17) is 9.57 Å². The summed E-state index contributed by atoms with van der Waals surface area (Å²) in [5.41, 5.74) is 2.65. The molecular weight excluding hydrogens is 672 g/mol. The van der Waals surface area contributed by atoms with Crippen molar-refractivity contribution in [2.75, 3.05) is 20.3 Å². The van der Waals surface area contributed by atoms with Crippen molar-refractivity contribution in [2.45, 2.75) is 109 Å². The number of hydrogen-bond acceptors (Lipinski definition) is 9. The van der Waals surface area contributed by atoms with Crippen LogP contribution in [0.1, 0.15) is 96.1 Å². The summed E-state index contributed by atoms with van der Waals surface area (Å²) in [7, 11) is 1.26. The van der Waals surface area contributed by atoms with Crippen LogP contribution in [-0.4, -0.2) is 79.8 Å². The number of ketones is 1. The summed E-state index contributed by atoms with van der Waals surface area (Å²) in [6.45, 7) is 3.42. The van der Waals surface area contributed by atoms with Crippen molar-refractivity contribution >= 4 is 41.4 Å². The quantitative estimate of drug-likeness (QED) is 0.0858. The Morgan fingerprint density at radius 3 is 1.94 bits per heavy atom. The summed E-state index contributed by atoms with van der Waals surface area (Å²) in [5, 5.41) is 13.2. The molecule has 15 nitrogen and oxygen atoms in total. The summed E-state index contributed by atoms with van der Waals surface area (Å²) in [6, 6.07) is 4.24. The first-order valence-electron chi connectivity index (χ1n) is 18.5. The van der Waals surface area contributed by atoms with Gasteiger partial charge in [-0.3, -0.25) is 33.6 Å². The molecule has 3 aliphatic carbocycles. The molecule has 286 valence electrons. The molecule has 0 aliphatic heterocycles. The third-order valence-corrected chi connectivity index (χ3v) is 9.56. The number of nitrogens with one attached hydrogen (secondary N) is 6. The van der Waals surface area contributed by atoms with Crippen LogP contribution in [0, 0.1) is 23.7 Å². The zero-order valence-electron chi connectivity index (χ0n) is 30.4. The van der Waals surface area contributed by atoms with E-state index in [0.717, 1.165) is 57.8 Å². The van der Waals surface area contributed by atoms with Crippen molar-refractivity contribution < 1.29 is 43.1 Å². The van der Waals surface area contributed by atoms with E-state index in [1.807, 2.05) is 13.8 Å². The van der Waals surface area contributed by atoms with Crippen LogP contribution in [-0.2, 0) is 38.3 Å². The second-order valence-corrected chi connectivity index (χ2v) is 14.6. The highest BCUT2D eigenvalue weighted by molar-refractivity contribution is 6.38. The van der Waals surface area contributed by atoms with Crippen molar-refractivity contribution in [2.24, 2.45) is 23.7 Å². The van der Waals surface area contributed by atoms with Crippen LogP contribution >= 0.6 is 0 Å². The van der Waals surface area contributed by atoms with Crippen molar-refractivity contribution in [3.63, 3.8) is 0 Å². The number of ether oxygens (including phenoxy) is 1. The van der Waals surface area contributed by atoms with E-state index < -0.39 is 72.1 Å².